The molecule has 2 aromatic carbocycles. The molecular weight excluding hydrogens is 568 g/mol. The van der Waals surface area contributed by atoms with Gasteiger partial charge >= 0.3 is 6.09 Å². The summed E-state index contributed by atoms with van der Waals surface area (Å²) in [6, 6.07) is 20.1. The van der Waals surface area contributed by atoms with Gasteiger partial charge in [0.1, 0.15) is 12.0 Å². The van der Waals surface area contributed by atoms with E-state index in [0.29, 0.717) is 68.3 Å². The molecule has 0 bridgehead atoms. The lowest BCUT2D eigenvalue weighted by molar-refractivity contribution is 0.0313. The zero-order valence-electron chi connectivity index (χ0n) is 25.4. The number of rotatable bonds is 11. The fourth-order valence-electron chi connectivity index (χ4n) is 6.11. The van der Waals surface area contributed by atoms with Crippen molar-refractivity contribution in [2.24, 2.45) is 16.8 Å². The van der Waals surface area contributed by atoms with Crippen molar-refractivity contribution >= 4 is 18.6 Å². The Kier molecular flexibility index (Phi) is 9.32. The number of benzene rings is 2. The fraction of sp³-hybridized carbons (Fsp3) is 0.364. The van der Waals surface area contributed by atoms with Crippen LogP contribution in [0.4, 0.5) is 10.6 Å². The summed E-state index contributed by atoms with van der Waals surface area (Å²) in [5, 5.41) is 1.72. The van der Waals surface area contributed by atoms with E-state index in [0.717, 1.165) is 24.0 Å². The molecule has 1 aliphatic carbocycles. The number of ether oxygens (including phenoxy) is 1. The van der Waals surface area contributed by atoms with Crippen LogP contribution in [0.5, 0.6) is 0 Å². The van der Waals surface area contributed by atoms with Gasteiger partial charge in [0.25, 0.3) is 0 Å². The van der Waals surface area contributed by atoms with E-state index in [2.05, 4.69) is 55.8 Å². The topological polar surface area (TPSA) is 144 Å². The number of nitrogen functional groups attached to an aromatic ring is 1. The van der Waals surface area contributed by atoms with E-state index in [1.54, 1.807) is 11.3 Å². The van der Waals surface area contributed by atoms with Gasteiger partial charge in [0.05, 0.1) is 37.3 Å². The number of piperazine rings is 1. The van der Waals surface area contributed by atoms with Crippen molar-refractivity contribution in [3.8, 4) is 11.5 Å². The first-order valence-electron chi connectivity index (χ1n) is 15.4. The molecule has 0 spiro atoms. The summed E-state index contributed by atoms with van der Waals surface area (Å²) in [6.07, 6.45) is 8.20. The molecule has 1 amide bonds. The van der Waals surface area contributed by atoms with E-state index >= 15 is 0 Å². The van der Waals surface area contributed by atoms with E-state index in [1.165, 1.54) is 12.7 Å². The molecule has 0 radical (unpaired) electrons. The first-order valence-corrected chi connectivity index (χ1v) is 15.4. The highest BCUT2D eigenvalue weighted by Gasteiger charge is 2.36. The lowest BCUT2D eigenvalue weighted by atomic mass is 9.86. The molecule has 4 N–H and O–H groups in total. The molecule has 6 rings (SSSR count). The van der Waals surface area contributed by atoms with Gasteiger partial charge in [0.2, 0.25) is 0 Å². The predicted molar refractivity (Wildman–Crippen MR) is 173 cm³/mol. The van der Waals surface area contributed by atoms with Crippen LogP contribution in [0.2, 0.25) is 0 Å². The standard InChI is InChI=1S/C33H40N10O2/c1-36-27(19-42-23-39-31(34)28-32(42)38-22-37-28)20-43(35)30(26-13-6-3-7-14-26)29(25-11-4-2-5-12-25)40-15-17-41(18-16-40)33(44)45-21-24-9-8-10-24/h2-7,11-14,20,22-24,29-30H,1,8-10,15-19,21,34-35H2/b27-20-/t29-,30+/m1/s1. The van der Waals surface area contributed by atoms with Gasteiger partial charge in [-0.25, -0.2) is 25.6 Å². The number of amides is 1. The number of hydrogen-bond donors (Lipinski definition) is 2. The highest BCUT2D eigenvalue weighted by molar-refractivity contribution is 5.67. The number of carbonyl (C=O) groups excluding carboxylic acids is 1. The Hall–Kier alpha value is -4.81. The summed E-state index contributed by atoms with van der Waals surface area (Å²) in [4.78, 5) is 34.2. The molecule has 2 atom stereocenters. The predicted octanol–water partition coefficient (Wildman–Crippen LogP) is 4.11. The highest BCUT2D eigenvalue weighted by atomic mass is 16.6. The number of imidazole rings is 1. The van der Waals surface area contributed by atoms with Crippen LogP contribution in [0.15, 0.2) is 90.2 Å². The van der Waals surface area contributed by atoms with E-state index < -0.39 is 0 Å². The molecule has 1 saturated heterocycles. The lowest BCUT2D eigenvalue weighted by Gasteiger charge is -2.44. The minimum Gasteiger partial charge on any atom is -0.449 e. The smallest absolute Gasteiger partial charge is 0.409 e. The van der Waals surface area contributed by atoms with Crippen molar-refractivity contribution in [2.45, 2.75) is 37.9 Å². The minimum absolute atomic E-state index is 0.132. The molecule has 3 heterocycles. The van der Waals surface area contributed by atoms with Crippen LogP contribution in [0.1, 0.15) is 42.5 Å². The van der Waals surface area contributed by atoms with Crippen molar-refractivity contribution in [1.82, 2.24) is 34.3 Å². The molecule has 45 heavy (non-hydrogen) atoms. The maximum Gasteiger partial charge on any atom is 0.409 e. The molecule has 3 aliphatic heterocycles. The van der Waals surface area contributed by atoms with Crippen LogP contribution in [0, 0.1) is 5.92 Å². The van der Waals surface area contributed by atoms with E-state index in [1.807, 2.05) is 52.1 Å². The number of allylic oxidation sites excluding steroid dienone is 1. The zero-order valence-corrected chi connectivity index (χ0v) is 25.4. The normalized spacial score (nSPS) is 17.4. The monoisotopic (exact) mass is 608 g/mol. The first-order chi connectivity index (χ1) is 22.0. The van der Waals surface area contributed by atoms with Gasteiger partial charge in [-0.1, -0.05) is 67.1 Å². The largest absolute Gasteiger partial charge is 0.449 e. The van der Waals surface area contributed by atoms with Gasteiger partial charge in [-0.3, -0.25) is 9.89 Å². The Balaban J connectivity index is 1.27. The fourth-order valence-corrected chi connectivity index (χ4v) is 6.11. The van der Waals surface area contributed by atoms with Crippen LogP contribution >= 0.6 is 0 Å². The molecular formula is C33H40N10O2. The second kappa shape index (κ2) is 13.9. The summed E-state index contributed by atoms with van der Waals surface area (Å²) >= 11 is 0. The SMILES string of the molecule is C=N/C(=C\N(N)[C@@H](c1ccccc1)[C@@H](c1ccccc1)N1CCN(C(=O)OCC2CCC2)CC1)Cn1cnc(N)c2ncnc1-2. The molecule has 12 nitrogen and oxygen atoms in total. The Morgan fingerprint density at radius 1 is 1.02 bits per heavy atom. The summed E-state index contributed by atoms with van der Waals surface area (Å²) in [6.45, 7) is 7.16. The summed E-state index contributed by atoms with van der Waals surface area (Å²) in [7, 11) is 0. The molecule has 1 saturated carbocycles. The summed E-state index contributed by atoms with van der Waals surface area (Å²) < 4.78 is 7.47. The van der Waals surface area contributed by atoms with Crippen molar-refractivity contribution in [3.63, 3.8) is 0 Å². The van der Waals surface area contributed by atoms with Gasteiger partial charge in [0, 0.05) is 32.4 Å². The third kappa shape index (κ3) is 6.81. The van der Waals surface area contributed by atoms with Crippen LogP contribution in [-0.2, 0) is 11.3 Å². The number of hydrogen-bond acceptors (Lipinski definition) is 10. The molecule has 0 unspecified atom stereocenters. The van der Waals surface area contributed by atoms with Gasteiger partial charge in [0.15, 0.2) is 11.6 Å². The first kappa shape index (κ1) is 30.2. The van der Waals surface area contributed by atoms with Crippen molar-refractivity contribution in [1.29, 1.82) is 0 Å². The molecule has 2 fully saturated rings. The number of aliphatic imine (C=N–C) groups is 1. The zero-order chi connectivity index (χ0) is 31.2. The maximum atomic E-state index is 12.9. The Labute approximate surface area is 263 Å². The molecule has 0 aromatic heterocycles. The van der Waals surface area contributed by atoms with Crippen LogP contribution in [0.25, 0.3) is 11.5 Å². The third-order valence-corrected chi connectivity index (χ3v) is 8.80. The number of carbonyl (C=O) groups is 1. The van der Waals surface area contributed by atoms with Crippen LogP contribution in [-0.4, -0.2) is 79.9 Å². The number of hydrazine groups is 1. The number of anilines is 1. The molecule has 234 valence electrons. The van der Waals surface area contributed by atoms with Gasteiger partial charge in [-0.2, -0.15) is 0 Å². The van der Waals surface area contributed by atoms with Crippen molar-refractivity contribution in [2.75, 3.05) is 38.5 Å². The second-order valence-corrected chi connectivity index (χ2v) is 11.6. The van der Waals surface area contributed by atoms with E-state index in [-0.39, 0.29) is 18.2 Å². The average Bonchev–Trinajstić information content (AvgIpc) is 3.56. The Morgan fingerprint density at radius 2 is 1.71 bits per heavy atom. The molecule has 4 aliphatic rings. The lowest BCUT2D eigenvalue weighted by Crippen LogP contribution is -2.52. The minimum atomic E-state index is -0.296. The van der Waals surface area contributed by atoms with Crippen molar-refractivity contribution in [3.05, 3.63) is 96.3 Å². The van der Waals surface area contributed by atoms with Crippen LogP contribution in [0.3, 0.4) is 0 Å². The summed E-state index contributed by atoms with van der Waals surface area (Å²) in [5.41, 5.74) is 9.31. The number of aromatic nitrogens is 4. The van der Waals surface area contributed by atoms with E-state index in [9.17, 15) is 4.79 Å². The Bertz CT molecular complexity index is 1560. The summed E-state index contributed by atoms with van der Waals surface area (Å²) in [5.74, 6) is 8.42. The quantitative estimate of drug-likeness (QED) is 0.146. The van der Waals surface area contributed by atoms with E-state index in [4.69, 9.17) is 16.3 Å². The molecule has 12 heteroatoms. The maximum absolute atomic E-state index is 12.9. The second-order valence-electron chi connectivity index (χ2n) is 11.6. The highest BCUT2D eigenvalue weighted by Crippen LogP contribution is 2.38. The van der Waals surface area contributed by atoms with Gasteiger partial charge in [-0.05, 0) is 36.6 Å². The van der Waals surface area contributed by atoms with Crippen molar-refractivity contribution < 1.29 is 9.53 Å². The Morgan fingerprint density at radius 3 is 2.36 bits per heavy atom. The van der Waals surface area contributed by atoms with Gasteiger partial charge < -0.3 is 24.9 Å². The number of fused-ring (bicyclic) bond motifs is 1. The number of nitrogens with zero attached hydrogens (tertiary/aromatic N) is 8. The van der Waals surface area contributed by atoms with Crippen LogP contribution < -0.4 is 11.6 Å². The number of nitrogens with two attached hydrogens (primary N) is 2. The van der Waals surface area contributed by atoms with Gasteiger partial charge in [-0.15, -0.1) is 0 Å². The third-order valence-electron chi connectivity index (χ3n) is 8.80. The molecule has 2 aromatic rings. The average molecular weight is 609 g/mol.